The maximum atomic E-state index is 10.9. The summed E-state index contributed by atoms with van der Waals surface area (Å²) in [6, 6.07) is 0. The summed E-state index contributed by atoms with van der Waals surface area (Å²) in [5.74, 6) is -3.31. The van der Waals surface area contributed by atoms with Gasteiger partial charge in [0.1, 0.15) is 12.8 Å². The average molecular weight is 324 g/mol. The number of ether oxygens (including phenoxy) is 3. The zero-order chi connectivity index (χ0) is 14.8. The van der Waals surface area contributed by atoms with Crippen LogP contribution >= 0.6 is 25.3 Å². The third-order valence-electron chi connectivity index (χ3n) is 2.68. The first-order valence-corrected chi connectivity index (χ1v) is 6.91. The summed E-state index contributed by atoms with van der Waals surface area (Å²) >= 11 is 7.69. The van der Waals surface area contributed by atoms with Crippen LogP contribution in [0, 0.1) is 0 Å². The number of fused-ring (bicyclic) bond motifs is 1. The molecule has 2 unspecified atom stereocenters. The highest BCUT2D eigenvalue weighted by molar-refractivity contribution is 7.84. The van der Waals surface area contributed by atoms with Gasteiger partial charge < -0.3 is 14.2 Å². The SMILES string of the molecule is O=C1COC2(CC(=O)O2)C2(CC(=O)O2)OO1.SCCS. The number of rotatable bonds is 1. The van der Waals surface area contributed by atoms with Gasteiger partial charge in [-0.3, -0.25) is 14.5 Å². The van der Waals surface area contributed by atoms with Crippen molar-refractivity contribution in [3.8, 4) is 0 Å². The van der Waals surface area contributed by atoms with Crippen LogP contribution in [0.4, 0.5) is 0 Å². The average Bonchev–Trinajstić information content (AvgIpc) is 2.50. The highest BCUT2D eigenvalue weighted by Crippen LogP contribution is 2.50. The number of carbonyl (C=O) groups excluding carboxylic acids is 3. The van der Waals surface area contributed by atoms with Crippen molar-refractivity contribution in [1.82, 2.24) is 0 Å². The zero-order valence-corrected chi connectivity index (χ0v) is 12.0. The van der Waals surface area contributed by atoms with E-state index in [1.807, 2.05) is 0 Å². The van der Waals surface area contributed by atoms with E-state index >= 15 is 0 Å². The molecule has 0 N–H and O–H groups in total. The maximum Gasteiger partial charge on any atom is 0.368 e. The molecule has 112 valence electrons. The molecule has 0 saturated carbocycles. The molecular weight excluding hydrogens is 312 g/mol. The number of hydrogen-bond donors (Lipinski definition) is 2. The van der Waals surface area contributed by atoms with Crippen LogP contribution in [0.1, 0.15) is 12.8 Å². The van der Waals surface area contributed by atoms with Crippen molar-refractivity contribution in [2.45, 2.75) is 24.4 Å². The Morgan fingerprint density at radius 1 is 0.900 bits per heavy atom. The quantitative estimate of drug-likeness (QED) is 0.383. The lowest BCUT2D eigenvalue weighted by Gasteiger charge is -2.51. The summed E-state index contributed by atoms with van der Waals surface area (Å²) in [6.07, 6.45) is -0.357. The first kappa shape index (κ1) is 15.4. The van der Waals surface area contributed by atoms with E-state index in [4.69, 9.17) is 19.1 Å². The molecule has 10 heteroatoms. The highest BCUT2D eigenvalue weighted by atomic mass is 32.1. The van der Waals surface area contributed by atoms with Gasteiger partial charge in [0.05, 0.1) is 0 Å². The molecular formula is C10H12O8S2. The van der Waals surface area contributed by atoms with Crippen LogP contribution in [0.15, 0.2) is 0 Å². The zero-order valence-electron chi connectivity index (χ0n) is 10.2. The molecule has 3 heterocycles. The molecule has 2 atom stereocenters. The summed E-state index contributed by atoms with van der Waals surface area (Å²) < 4.78 is 14.7. The van der Waals surface area contributed by atoms with E-state index in [0.717, 1.165) is 11.5 Å². The normalized spacial score (nSPS) is 34.8. The van der Waals surface area contributed by atoms with Crippen molar-refractivity contribution in [1.29, 1.82) is 0 Å². The Bertz CT molecular complexity index is 383. The smallest absolute Gasteiger partial charge is 0.368 e. The largest absolute Gasteiger partial charge is 0.425 e. The van der Waals surface area contributed by atoms with Gasteiger partial charge in [0.2, 0.25) is 0 Å². The van der Waals surface area contributed by atoms with Gasteiger partial charge in [0.15, 0.2) is 6.61 Å². The second kappa shape index (κ2) is 5.80. The van der Waals surface area contributed by atoms with Gasteiger partial charge in [-0.05, 0) is 11.5 Å². The minimum atomic E-state index is -1.65. The van der Waals surface area contributed by atoms with E-state index in [0.29, 0.717) is 0 Å². The fraction of sp³-hybridized carbons (Fsp3) is 0.700. The van der Waals surface area contributed by atoms with Crippen molar-refractivity contribution < 1.29 is 38.4 Å². The lowest BCUT2D eigenvalue weighted by atomic mass is 9.91. The predicted molar refractivity (Wildman–Crippen MR) is 67.7 cm³/mol. The van der Waals surface area contributed by atoms with Crippen LogP contribution < -0.4 is 0 Å². The monoisotopic (exact) mass is 324 g/mol. The molecule has 3 rings (SSSR count). The van der Waals surface area contributed by atoms with Gasteiger partial charge in [-0.2, -0.15) is 25.3 Å². The van der Waals surface area contributed by atoms with Crippen LogP contribution in [0.2, 0.25) is 0 Å². The van der Waals surface area contributed by atoms with Gasteiger partial charge in [-0.1, -0.05) is 0 Å². The summed E-state index contributed by atoms with van der Waals surface area (Å²) in [6.45, 7) is -0.438. The second-order valence-corrected chi connectivity index (χ2v) is 4.98. The second-order valence-electron chi connectivity index (χ2n) is 4.08. The lowest BCUT2D eigenvalue weighted by molar-refractivity contribution is -0.487. The van der Waals surface area contributed by atoms with E-state index in [2.05, 4.69) is 30.1 Å². The van der Waals surface area contributed by atoms with Gasteiger partial charge in [0, 0.05) is 0 Å². The minimum absolute atomic E-state index is 0.156. The van der Waals surface area contributed by atoms with Crippen LogP contribution in [-0.2, 0) is 38.4 Å². The molecule has 3 aliphatic rings. The van der Waals surface area contributed by atoms with Gasteiger partial charge in [-0.25, -0.2) is 4.79 Å². The summed E-state index contributed by atoms with van der Waals surface area (Å²) in [4.78, 5) is 41.7. The van der Waals surface area contributed by atoms with Crippen molar-refractivity contribution >= 4 is 43.2 Å². The van der Waals surface area contributed by atoms with Crippen molar-refractivity contribution in [3.63, 3.8) is 0 Å². The van der Waals surface area contributed by atoms with E-state index in [1.165, 1.54) is 0 Å². The molecule has 0 amide bonds. The third-order valence-corrected chi connectivity index (χ3v) is 3.48. The molecule has 20 heavy (non-hydrogen) atoms. The third kappa shape index (κ3) is 2.60. The molecule has 3 saturated heterocycles. The molecule has 3 aliphatic heterocycles. The summed E-state index contributed by atoms with van der Waals surface area (Å²) in [5.41, 5.74) is 0. The first-order chi connectivity index (χ1) is 9.47. The number of esters is 2. The standard InChI is InChI=1S/C8H6O8.C2H6S2/c9-4-1-7(13-4)8(2-5(10)14-8)16-15-6(11)3-12-7;3-1-2-4/h1-3H2;3-4H,1-2H2. The topological polar surface area (TPSA) is 97.4 Å². The van der Waals surface area contributed by atoms with Crippen molar-refractivity contribution in [2.24, 2.45) is 0 Å². The molecule has 0 aromatic carbocycles. The van der Waals surface area contributed by atoms with E-state index < -0.39 is 36.1 Å². The Labute approximate surface area is 124 Å². The first-order valence-electron chi connectivity index (χ1n) is 5.65. The molecule has 0 aromatic rings. The predicted octanol–water partition coefficient (Wildman–Crippen LogP) is -0.376. The molecule has 8 nitrogen and oxygen atoms in total. The van der Waals surface area contributed by atoms with Crippen molar-refractivity contribution in [2.75, 3.05) is 18.1 Å². The summed E-state index contributed by atoms with van der Waals surface area (Å²) in [7, 11) is 0. The fourth-order valence-electron chi connectivity index (χ4n) is 1.77. The fourth-order valence-corrected chi connectivity index (χ4v) is 1.77. The highest BCUT2D eigenvalue weighted by Gasteiger charge is 2.74. The maximum absolute atomic E-state index is 10.9. The molecule has 0 aromatic heterocycles. The Balaban J connectivity index is 0.000000328. The molecule has 2 spiro atoms. The van der Waals surface area contributed by atoms with Gasteiger partial charge in [0.25, 0.3) is 5.79 Å². The van der Waals surface area contributed by atoms with E-state index in [1.54, 1.807) is 0 Å². The van der Waals surface area contributed by atoms with Gasteiger partial charge >= 0.3 is 23.7 Å². The van der Waals surface area contributed by atoms with Crippen LogP contribution in [0.25, 0.3) is 0 Å². The van der Waals surface area contributed by atoms with Crippen LogP contribution in [0.3, 0.4) is 0 Å². The van der Waals surface area contributed by atoms with Crippen LogP contribution in [-0.4, -0.2) is 47.6 Å². The summed E-state index contributed by atoms with van der Waals surface area (Å²) in [5, 5.41) is 0. The van der Waals surface area contributed by atoms with Crippen LogP contribution in [0.5, 0.6) is 0 Å². The number of hydrogen-bond acceptors (Lipinski definition) is 10. The Morgan fingerprint density at radius 2 is 1.40 bits per heavy atom. The Morgan fingerprint density at radius 3 is 1.85 bits per heavy atom. The number of thiol groups is 2. The van der Waals surface area contributed by atoms with Crippen molar-refractivity contribution in [3.05, 3.63) is 0 Å². The molecule has 0 bridgehead atoms. The molecule has 0 radical (unpaired) electrons. The van der Waals surface area contributed by atoms with E-state index in [9.17, 15) is 14.4 Å². The Hall–Kier alpha value is -0.970. The minimum Gasteiger partial charge on any atom is -0.425 e. The Kier molecular flexibility index (Phi) is 4.47. The lowest BCUT2D eigenvalue weighted by Crippen LogP contribution is -2.72. The molecule has 0 aliphatic carbocycles. The van der Waals surface area contributed by atoms with Gasteiger partial charge in [-0.15, -0.1) is 4.89 Å². The molecule has 3 fully saturated rings. The number of carbonyl (C=O) groups is 3. The van der Waals surface area contributed by atoms with E-state index in [-0.39, 0.29) is 12.8 Å².